The second kappa shape index (κ2) is 11.5. The Morgan fingerprint density at radius 3 is 1.51 bits per heavy atom. The number of ether oxygens (including phenoxy) is 1. The Morgan fingerprint density at radius 2 is 1.07 bits per heavy atom. The molecule has 0 amide bonds. The van der Waals surface area contributed by atoms with Crippen LogP contribution in [0, 0.1) is 0 Å². The van der Waals surface area contributed by atoms with E-state index in [-0.39, 0.29) is 0 Å². The molecule has 3 nitrogen and oxygen atoms in total. The predicted octanol–water partition coefficient (Wildman–Crippen LogP) is 8.44. The third-order valence-electron chi connectivity index (χ3n) is 5.85. The van der Waals surface area contributed by atoms with E-state index in [0.717, 1.165) is 25.0 Å². The summed E-state index contributed by atoms with van der Waals surface area (Å²) in [6, 6.07) is 10.4. The molecule has 0 atom stereocenters. The molecule has 232 valence electrons. The van der Waals surface area contributed by atoms with Gasteiger partial charge in [-0.3, -0.25) is 0 Å². The molecule has 41 heavy (non-hydrogen) atoms. The molecule has 0 saturated carbocycles. The van der Waals surface area contributed by atoms with Gasteiger partial charge in [-0.05, 0) is 41.8 Å². The van der Waals surface area contributed by atoms with Gasteiger partial charge in [-0.2, -0.15) is 57.1 Å². The summed E-state index contributed by atoms with van der Waals surface area (Å²) in [7, 11) is -5.00. The third-order valence-corrected chi connectivity index (χ3v) is 7.58. The van der Waals surface area contributed by atoms with Gasteiger partial charge in [-0.1, -0.05) is 37.6 Å². The highest BCUT2D eigenvalue weighted by atomic mass is 32.2. The van der Waals surface area contributed by atoms with Crippen molar-refractivity contribution in [3.05, 3.63) is 48.5 Å². The average molecular weight is 636 g/mol. The quantitative estimate of drug-likeness (QED) is 0.164. The van der Waals surface area contributed by atoms with Crippen LogP contribution in [0.15, 0.2) is 53.4 Å². The molecule has 0 fully saturated rings. The number of hydrogen-bond donors (Lipinski definition) is 0. The van der Waals surface area contributed by atoms with Crippen LogP contribution in [0.4, 0.5) is 57.1 Å². The zero-order valence-electron chi connectivity index (χ0n) is 20.7. The Morgan fingerprint density at radius 1 is 0.634 bits per heavy atom. The van der Waals surface area contributed by atoms with Gasteiger partial charge < -0.3 is 4.74 Å². The van der Waals surface area contributed by atoms with Crippen LogP contribution < -0.4 is 4.74 Å². The predicted molar refractivity (Wildman–Crippen MR) is 120 cm³/mol. The second-order valence-corrected chi connectivity index (χ2v) is 10.9. The molecule has 2 aromatic carbocycles. The van der Waals surface area contributed by atoms with E-state index >= 15 is 0 Å². The van der Waals surface area contributed by atoms with E-state index < -0.39 is 62.7 Å². The summed E-state index contributed by atoms with van der Waals surface area (Å²) in [5, 5.41) is 0. The van der Waals surface area contributed by atoms with Crippen LogP contribution in [0.5, 0.6) is 5.75 Å². The van der Waals surface area contributed by atoms with Crippen molar-refractivity contribution in [2.45, 2.75) is 66.9 Å². The molecule has 0 aliphatic heterocycles. The summed E-state index contributed by atoms with van der Waals surface area (Å²) in [6.45, 7) is 2.43. The van der Waals surface area contributed by atoms with E-state index in [0.29, 0.717) is 23.5 Å². The lowest BCUT2D eigenvalue weighted by atomic mass is 9.93. The summed E-state index contributed by atoms with van der Waals surface area (Å²) in [6.07, 6.45) is -8.64. The normalized spacial score (nSPS) is 14.3. The van der Waals surface area contributed by atoms with Gasteiger partial charge in [0.2, 0.25) is 0 Å². The minimum Gasteiger partial charge on any atom is -0.494 e. The highest BCUT2D eigenvalue weighted by Gasteiger charge is 2.90. The lowest BCUT2D eigenvalue weighted by Crippen LogP contribution is -2.70. The molecule has 0 aromatic heterocycles. The van der Waals surface area contributed by atoms with E-state index in [1.165, 1.54) is 12.1 Å². The fraction of sp³-hybridized carbons (Fsp3) is 0.500. The Kier molecular flexibility index (Phi) is 9.68. The number of rotatable bonds is 13. The lowest BCUT2D eigenvalue weighted by Gasteiger charge is -2.39. The van der Waals surface area contributed by atoms with Gasteiger partial charge in [-0.25, -0.2) is 8.42 Å². The highest BCUT2D eigenvalue weighted by Crippen LogP contribution is 2.60. The van der Waals surface area contributed by atoms with Crippen molar-refractivity contribution in [1.82, 2.24) is 0 Å². The maximum atomic E-state index is 14.0. The Bertz CT molecular complexity index is 1270. The van der Waals surface area contributed by atoms with Crippen molar-refractivity contribution in [3.63, 3.8) is 0 Å². The first-order valence-corrected chi connectivity index (χ1v) is 13.1. The monoisotopic (exact) mass is 636 g/mol. The molecule has 0 unspecified atom stereocenters. The molecule has 2 aromatic rings. The van der Waals surface area contributed by atoms with Crippen LogP contribution in [0.3, 0.4) is 0 Å². The molecule has 0 spiro atoms. The number of halogens is 13. The van der Waals surface area contributed by atoms with Crippen molar-refractivity contribution >= 4 is 9.84 Å². The number of unbranched alkanes of at least 4 members (excludes halogenated alkanes) is 1. The molecule has 0 aliphatic carbocycles. The standard InChI is InChI=1S/C24H21F13O3S/c1-2-3-13-40-17-8-4-15(5-9-17)16-6-10-18(11-7-16)41(38,39)14-12-19(25,26)20(27,28)21(29,30)22(31,32)23(33,34)24(35,36)37/h4-11H,2-3,12-14H2,1H3. The van der Waals surface area contributed by atoms with Crippen LogP contribution in [0.2, 0.25) is 0 Å². The zero-order valence-corrected chi connectivity index (χ0v) is 21.5. The molecule has 0 radical (unpaired) electrons. The molecule has 0 bridgehead atoms. The van der Waals surface area contributed by atoms with Crippen LogP contribution in [-0.2, 0) is 9.84 Å². The molecule has 2 rings (SSSR count). The fourth-order valence-corrected chi connectivity index (χ4v) is 4.58. The van der Waals surface area contributed by atoms with Crippen molar-refractivity contribution in [3.8, 4) is 16.9 Å². The number of sulfone groups is 1. The van der Waals surface area contributed by atoms with Crippen molar-refractivity contribution in [2.24, 2.45) is 0 Å². The first-order chi connectivity index (χ1) is 18.5. The van der Waals surface area contributed by atoms with Crippen molar-refractivity contribution < 1.29 is 70.2 Å². The first kappa shape index (κ1) is 34.5. The summed E-state index contributed by atoms with van der Waals surface area (Å²) in [4.78, 5) is -0.791. The number of benzene rings is 2. The van der Waals surface area contributed by atoms with Gasteiger partial charge >= 0.3 is 35.8 Å². The molecule has 17 heteroatoms. The van der Waals surface area contributed by atoms with Gasteiger partial charge in [0.25, 0.3) is 0 Å². The number of hydrogen-bond acceptors (Lipinski definition) is 3. The number of alkyl halides is 13. The second-order valence-electron chi connectivity index (χ2n) is 8.82. The van der Waals surface area contributed by atoms with Crippen molar-refractivity contribution in [1.29, 1.82) is 0 Å². The molecule has 0 saturated heterocycles. The minimum absolute atomic E-state index is 0.383. The Balaban J connectivity index is 2.22. The Labute approximate surface area is 225 Å². The maximum absolute atomic E-state index is 14.0. The van der Waals surface area contributed by atoms with Gasteiger partial charge in [-0.15, -0.1) is 0 Å². The van der Waals surface area contributed by atoms with Crippen LogP contribution in [0.1, 0.15) is 26.2 Å². The fourth-order valence-electron chi connectivity index (χ4n) is 3.27. The van der Waals surface area contributed by atoms with Crippen LogP contribution in [0.25, 0.3) is 11.1 Å². The lowest BCUT2D eigenvalue weighted by molar-refractivity contribution is -0.439. The largest absolute Gasteiger partial charge is 0.494 e. The van der Waals surface area contributed by atoms with E-state index in [2.05, 4.69) is 0 Å². The van der Waals surface area contributed by atoms with Gasteiger partial charge in [0.05, 0.1) is 17.3 Å². The average Bonchev–Trinajstić information content (AvgIpc) is 2.87. The van der Waals surface area contributed by atoms with E-state index in [4.69, 9.17) is 4.74 Å². The van der Waals surface area contributed by atoms with E-state index in [9.17, 15) is 65.5 Å². The highest BCUT2D eigenvalue weighted by molar-refractivity contribution is 7.91. The van der Waals surface area contributed by atoms with Gasteiger partial charge in [0, 0.05) is 6.42 Å². The minimum atomic E-state index is -8.04. The SMILES string of the molecule is CCCCOc1ccc(-c2ccc(S(=O)(=O)CCC(F)(F)C(F)(F)C(F)(F)C(F)(F)C(F)(F)C(F)(F)F)cc2)cc1. The van der Waals surface area contributed by atoms with E-state index in [1.807, 2.05) is 6.92 Å². The van der Waals surface area contributed by atoms with Gasteiger partial charge in [0.1, 0.15) is 5.75 Å². The topological polar surface area (TPSA) is 43.4 Å². The summed E-state index contributed by atoms with van der Waals surface area (Å²) in [5.41, 5.74) is 0.912. The molecule has 0 heterocycles. The molecular weight excluding hydrogens is 615 g/mol. The van der Waals surface area contributed by atoms with Crippen molar-refractivity contribution in [2.75, 3.05) is 12.4 Å². The van der Waals surface area contributed by atoms with Crippen LogP contribution in [-0.4, -0.2) is 56.6 Å². The molecule has 0 N–H and O–H groups in total. The summed E-state index contributed by atoms with van der Waals surface area (Å²) >= 11 is 0. The van der Waals surface area contributed by atoms with Gasteiger partial charge in [0.15, 0.2) is 9.84 Å². The van der Waals surface area contributed by atoms with E-state index in [1.54, 1.807) is 24.3 Å². The smallest absolute Gasteiger partial charge is 0.460 e. The first-order valence-electron chi connectivity index (χ1n) is 11.5. The zero-order chi connectivity index (χ0) is 31.7. The summed E-state index contributed by atoms with van der Waals surface area (Å²) < 4.78 is 202. The summed E-state index contributed by atoms with van der Waals surface area (Å²) in [5.74, 6) is -39.4. The maximum Gasteiger partial charge on any atom is 0.460 e. The molecule has 0 aliphatic rings. The molecular formula is C24H21F13O3S. The third kappa shape index (κ3) is 6.53. The van der Waals surface area contributed by atoms with Crippen LogP contribution >= 0.6 is 0 Å². The Hall–Kier alpha value is -2.72.